The number of rotatable bonds is 5. The summed E-state index contributed by atoms with van der Waals surface area (Å²) in [6.07, 6.45) is 5.49. The van der Waals surface area contributed by atoms with E-state index in [9.17, 15) is 13.2 Å². The van der Waals surface area contributed by atoms with Gasteiger partial charge in [0.25, 0.3) is 0 Å². The number of benzene rings is 1. The summed E-state index contributed by atoms with van der Waals surface area (Å²) in [6, 6.07) is 10.1. The Kier molecular flexibility index (Phi) is 4.47. The molecule has 1 aliphatic carbocycles. The first-order valence-corrected chi connectivity index (χ1v) is 10.1. The highest BCUT2D eigenvalue weighted by atomic mass is 32.2. The van der Waals surface area contributed by atoms with Crippen molar-refractivity contribution in [3.05, 3.63) is 35.9 Å². The van der Waals surface area contributed by atoms with E-state index in [2.05, 4.69) is 4.72 Å². The standard InChI is InChI=1S/C17H24N2O3S/c1-23(21,22)18-13-17-10-5-8-15(17)19(16(20)9-11-17)12-14-6-3-2-4-7-14/h2-4,6-7,15,18H,5,8-13H2,1H3. The minimum absolute atomic E-state index is 0.105. The van der Waals surface area contributed by atoms with Crippen LogP contribution in [0.5, 0.6) is 0 Å². The quantitative estimate of drug-likeness (QED) is 0.893. The van der Waals surface area contributed by atoms with Crippen LogP contribution in [0.3, 0.4) is 0 Å². The summed E-state index contributed by atoms with van der Waals surface area (Å²) in [6.45, 7) is 1.06. The Morgan fingerprint density at radius 1 is 1.26 bits per heavy atom. The van der Waals surface area contributed by atoms with E-state index >= 15 is 0 Å². The van der Waals surface area contributed by atoms with E-state index in [1.54, 1.807) is 0 Å². The summed E-state index contributed by atoms with van der Waals surface area (Å²) in [5.41, 5.74) is 1.02. The average molecular weight is 336 g/mol. The van der Waals surface area contributed by atoms with Crippen LogP contribution in [-0.4, -0.2) is 38.1 Å². The molecule has 1 saturated carbocycles. The number of fused-ring (bicyclic) bond motifs is 1. The second-order valence-corrected chi connectivity index (χ2v) is 8.70. The van der Waals surface area contributed by atoms with Crippen molar-refractivity contribution in [2.75, 3.05) is 12.8 Å². The zero-order valence-electron chi connectivity index (χ0n) is 13.5. The highest BCUT2D eigenvalue weighted by molar-refractivity contribution is 7.88. The third kappa shape index (κ3) is 3.58. The molecule has 2 fully saturated rings. The Morgan fingerprint density at radius 2 is 2.00 bits per heavy atom. The fourth-order valence-corrected chi connectivity index (χ4v) is 4.67. The summed E-state index contributed by atoms with van der Waals surface area (Å²) in [4.78, 5) is 14.5. The fraction of sp³-hybridized carbons (Fsp3) is 0.588. The molecule has 1 N–H and O–H groups in total. The van der Waals surface area contributed by atoms with Crippen molar-refractivity contribution in [1.29, 1.82) is 0 Å². The van der Waals surface area contributed by atoms with Crippen molar-refractivity contribution in [3.63, 3.8) is 0 Å². The summed E-state index contributed by atoms with van der Waals surface area (Å²) in [7, 11) is -3.21. The number of nitrogens with zero attached hydrogens (tertiary/aromatic N) is 1. The van der Waals surface area contributed by atoms with Gasteiger partial charge in [-0.2, -0.15) is 0 Å². The molecule has 0 spiro atoms. The van der Waals surface area contributed by atoms with Gasteiger partial charge < -0.3 is 4.90 Å². The third-order valence-electron chi connectivity index (χ3n) is 5.27. The summed E-state index contributed by atoms with van der Waals surface area (Å²) < 4.78 is 25.7. The van der Waals surface area contributed by atoms with E-state index in [1.807, 2.05) is 35.2 Å². The van der Waals surface area contributed by atoms with Crippen LogP contribution in [0.15, 0.2) is 30.3 Å². The van der Waals surface area contributed by atoms with Crippen LogP contribution >= 0.6 is 0 Å². The van der Waals surface area contributed by atoms with Gasteiger partial charge >= 0.3 is 0 Å². The number of hydrogen-bond acceptors (Lipinski definition) is 3. The number of piperidine rings is 1. The lowest BCUT2D eigenvalue weighted by molar-refractivity contribution is -0.142. The molecule has 1 aromatic rings. The van der Waals surface area contributed by atoms with Crippen molar-refractivity contribution in [2.45, 2.75) is 44.7 Å². The van der Waals surface area contributed by atoms with Crippen LogP contribution in [0.1, 0.15) is 37.7 Å². The van der Waals surface area contributed by atoms with Gasteiger partial charge in [-0.1, -0.05) is 36.8 Å². The van der Waals surface area contributed by atoms with Gasteiger partial charge in [-0.15, -0.1) is 0 Å². The van der Waals surface area contributed by atoms with E-state index in [1.165, 1.54) is 6.26 Å². The van der Waals surface area contributed by atoms with Crippen LogP contribution in [0.25, 0.3) is 0 Å². The highest BCUT2D eigenvalue weighted by Gasteiger charge is 2.50. The Bertz CT molecular complexity index is 674. The minimum Gasteiger partial charge on any atom is -0.335 e. The molecule has 23 heavy (non-hydrogen) atoms. The van der Waals surface area contributed by atoms with Crippen LogP contribution in [0, 0.1) is 5.41 Å². The second-order valence-electron chi connectivity index (χ2n) is 6.87. The van der Waals surface area contributed by atoms with Gasteiger partial charge in [0.15, 0.2) is 0 Å². The normalized spacial score (nSPS) is 28.0. The maximum atomic E-state index is 12.5. The lowest BCUT2D eigenvalue weighted by Crippen LogP contribution is -2.55. The predicted octanol–water partition coefficient (Wildman–Crippen LogP) is 1.90. The molecule has 3 rings (SSSR count). The van der Waals surface area contributed by atoms with E-state index in [0.29, 0.717) is 19.5 Å². The van der Waals surface area contributed by atoms with Gasteiger partial charge in [0, 0.05) is 31.0 Å². The number of amides is 1. The van der Waals surface area contributed by atoms with E-state index in [4.69, 9.17) is 0 Å². The SMILES string of the molecule is CS(=O)(=O)NCC12CCCC1N(Cc1ccccc1)C(=O)CC2. The molecule has 1 amide bonds. The number of carbonyl (C=O) groups is 1. The zero-order chi connectivity index (χ0) is 16.5. The topological polar surface area (TPSA) is 66.5 Å². The molecule has 0 bridgehead atoms. The molecule has 2 atom stereocenters. The molecule has 6 heteroatoms. The monoisotopic (exact) mass is 336 g/mol. The molecule has 0 radical (unpaired) electrons. The first-order chi connectivity index (χ1) is 10.9. The molecular weight excluding hydrogens is 312 g/mol. The van der Waals surface area contributed by atoms with Gasteiger partial charge in [-0.05, 0) is 24.8 Å². The van der Waals surface area contributed by atoms with Gasteiger partial charge in [0.1, 0.15) is 0 Å². The Morgan fingerprint density at radius 3 is 2.70 bits per heavy atom. The molecule has 126 valence electrons. The molecule has 5 nitrogen and oxygen atoms in total. The number of nitrogens with one attached hydrogen (secondary N) is 1. The molecule has 1 saturated heterocycles. The van der Waals surface area contributed by atoms with Crippen molar-refractivity contribution >= 4 is 15.9 Å². The smallest absolute Gasteiger partial charge is 0.223 e. The van der Waals surface area contributed by atoms with E-state index in [-0.39, 0.29) is 17.4 Å². The molecule has 1 aromatic carbocycles. The summed E-state index contributed by atoms with van der Waals surface area (Å²) >= 11 is 0. The molecule has 2 unspecified atom stereocenters. The molecular formula is C17H24N2O3S. The zero-order valence-corrected chi connectivity index (χ0v) is 14.3. The number of carbonyl (C=O) groups excluding carboxylic acids is 1. The van der Waals surface area contributed by atoms with Crippen molar-refractivity contribution in [1.82, 2.24) is 9.62 Å². The van der Waals surface area contributed by atoms with Gasteiger partial charge in [-0.3, -0.25) is 4.79 Å². The van der Waals surface area contributed by atoms with Crippen molar-refractivity contribution < 1.29 is 13.2 Å². The summed E-state index contributed by atoms with van der Waals surface area (Å²) in [5, 5.41) is 0. The van der Waals surface area contributed by atoms with Crippen molar-refractivity contribution in [3.8, 4) is 0 Å². The van der Waals surface area contributed by atoms with Crippen molar-refractivity contribution in [2.24, 2.45) is 5.41 Å². The molecule has 2 aliphatic rings. The number of hydrogen-bond donors (Lipinski definition) is 1. The maximum Gasteiger partial charge on any atom is 0.223 e. The third-order valence-corrected chi connectivity index (χ3v) is 5.94. The van der Waals surface area contributed by atoms with Crippen LogP contribution in [0.4, 0.5) is 0 Å². The average Bonchev–Trinajstić information content (AvgIpc) is 2.94. The predicted molar refractivity (Wildman–Crippen MR) is 89.1 cm³/mol. The van der Waals surface area contributed by atoms with Gasteiger partial charge in [0.05, 0.1) is 6.26 Å². The van der Waals surface area contributed by atoms with Crippen LogP contribution in [-0.2, 0) is 21.4 Å². The highest BCUT2D eigenvalue weighted by Crippen LogP contribution is 2.48. The fourth-order valence-electron chi connectivity index (χ4n) is 4.12. The summed E-state index contributed by atoms with van der Waals surface area (Å²) in [5.74, 6) is 0.190. The molecule has 1 aliphatic heterocycles. The lowest BCUT2D eigenvalue weighted by Gasteiger charge is -2.46. The first kappa shape index (κ1) is 16.5. The number of likely N-dealkylation sites (tertiary alicyclic amines) is 1. The second kappa shape index (κ2) is 6.24. The first-order valence-electron chi connectivity index (χ1n) is 8.18. The van der Waals surface area contributed by atoms with Gasteiger partial charge in [0.2, 0.25) is 15.9 Å². The van der Waals surface area contributed by atoms with Crippen LogP contribution < -0.4 is 4.72 Å². The largest absolute Gasteiger partial charge is 0.335 e. The van der Waals surface area contributed by atoms with Crippen LogP contribution in [0.2, 0.25) is 0 Å². The van der Waals surface area contributed by atoms with E-state index in [0.717, 1.165) is 31.2 Å². The molecule has 0 aromatic heterocycles. The Balaban J connectivity index is 1.81. The van der Waals surface area contributed by atoms with Gasteiger partial charge in [-0.25, -0.2) is 13.1 Å². The molecule has 1 heterocycles. The minimum atomic E-state index is -3.21. The van der Waals surface area contributed by atoms with E-state index < -0.39 is 10.0 Å². The Hall–Kier alpha value is -1.40. The lowest BCUT2D eigenvalue weighted by atomic mass is 9.74. The number of sulfonamides is 1. The maximum absolute atomic E-state index is 12.5. The Labute approximate surface area is 138 Å².